The molecule has 2 aromatic carbocycles. The van der Waals surface area contributed by atoms with Crippen molar-refractivity contribution in [3.8, 4) is 5.75 Å². The molecule has 0 atom stereocenters. The number of aryl methyl sites for hydroxylation is 1. The fourth-order valence-corrected chi connectivity index (χ4v) is 2.83. The van der Waals surface area contributed by atoms with Gasteiger partial charge < -0.3 is 5.11 Å². The number of hydrogen-bond acceptors (Lipinski definition) is 1. The van der Waals surface area contributed by atoms with Crippen LogP contribution in [0.1, 0.15) is 42.0 Å². The van der Waals surface area contributed by atoms with E-state index < -0.39 is 0 Å². The van der Waals surface area contributed by atoms with E-state index in [-0.39, 0.29) is 0 Å². The van der Waals surface area contributed by atoms with Crippen molar-refractivity contribution in [1.29, 1.82) is 0 Å². The minimum atomic E-state index is 0.393. The fraction of sp³-hybridized carbons (Fsp3) is 0.263. The maximum atomic E-state index is 10.2. The molecule has 0 fully saturated rings. The fourth-order valence-electron chi connectivity index (χ4n) is 2.83. The average Bonchev–Trinajstić information content (AvgIpc) is 2.90. The lowest BCUT2D eigenvalue weighted by Gasteiger charge is -2.09. The molecule has 0 unspecified atom stereocenters. The molecule has 0 aliphatic heterocycles. The molecule has 20 heavy (non-hydrogen) atoms. The summed E-state index contributed by atoms with van der Waals surface area (Å²) in [7, 11) is 0. The number of phenols is 1. The van der Waals surface area contributed by atoms with Gasteiger partial charge in [0, 0.05) is 5.56 Å². The summed E-state index contributed by atoms with van der Waals surface area (Å²) in [6.07, 6.45) is 6.60. The van der Waals surface area contributed by atoms with Gasteiger partial charge in [-0.25, -0.2) is 0 Å². The maximum absolute atomic E-state index is 10.2. The first-order chi connectivity index (χ1) is 9.78. The molecule has 1 heteroatoms. The summed E-state index contributed by atoms with van der Waals surface area (Å²) in [4.78, 5) is 0. The maximum Gasteiger partial charge on any atom is 0.123 e. The molecule has 0 heterocycles. The average molecular weight is 264 g/mol. The number of phenolic OH excluding ortho intramolecular Hbond substituents is 1. The zero-order valence-corrected chi connectivity index (χ0v) is 11.9. The highest BCUT2D eigenvalue weighted by Gasteiger charge is 2.16. The topological polar surface area (TPSA) is 20.2 Å². The van der Waals surface area contributed by atoms with E-state index >= 15 is 0 Å². The monoisotopic (exact) mass is 264 g/mol. The lowest BCUT2D eigenvalue weighted by Crippen LogP contribution is -1.91. The Balaban J connectivity index is 1.92. The number of aromatic hydroxyl groups is 1. The molecule has 0 aromatic heterocycles. The third-order valence-corrected chi connectivity index (χ3v) is 3.99. The molecular formula is C19H20O. The van der Waals surface area contributed by atoms with E-state index in [0.29, 0.717) is 5.75 Å². The van der Waals surface area contributed by atoms with Crippen molar-refractivity contribution in [3.63, 3.8) is 0 Å². The first kappa shape index (κ1) is 13.0. The smallest absolute Gasteiger partial charge is 0.123 e. The number of benzene rings is 2. The molecule has 2 aromatic rings. The Morgan fingerprint density at radius 2 is 1.95 bits per heavy atom. The van der Waals surface area contributed by atoms with Crippen molar-refractivity contribution in [2.24, 2.45) is 0 Å². The first-order valence-corrected chi connectivity index (χ1v) is 7.38. The number of allylic oxidation sites excluding steroid dienone is 1. The van der Waals surface area contributed by atoms with Gasteiger partial charge in [0.15, 0.2) is 0 Å². The molecule has 1 aliphatic carbocycles. The molecule has 0 saturated carbocycles. The lowest BCUT2D eigenvalue weighted by atomic mass is 9.98. The first-order valence-electron chi connectivity index (χ1n) is 7.38. The Morgan fingerprint density at radius 3 is 2.75 bits per heavy atom. The Kier molecular flexibility index (Phi) is 3.60. The SMILES string of the molecule is CCCCc1ccc(O)c(C2=Cc3ccccc3C2)c1. The number of rotatable bonds is 4. The van der Waals surface area contributed by atoms with Gasteiger partial charge >= 0.3 is 0 Å². The van der Waals surface area contributed by atoms with Crippen LogP contribution in [-0.4, -0.2) is 5.11 Å². The summed E-state index contributed by atoms with van der Waals surface area (Å²) < 4.78 is 0. The van der Waals surface area contributed by atoms with Crippen LogP contribution >= 0.6 is 0 Å². The van der Waals surface area contributed by atoms with Crippen molar-refractivity contribution in [3.05, 3.63) is 64.7 Å². The van der Waals surface area contributed by atoms with E-state index in [1.54, 1.807) is 0 Å². The summed E-state index contributed by atoms with van der Waals surface area (Å²) in [6.45, 7) is 2.21. The van der Waals surface area contributed by atoms with Gasteiger partial charge in [0.1, 0.15) is 5.75 Å². The predicted molar refractivity (Wildman–Crippen MR) is 84.7 cm³/mol. The minimum absolute atomic E-state index is 0.393. The molecule has 1 N–H and O–H groups in total. The van der Waals surface area contributed by atoms with E-state index in [2.05, 4.69) is 43.3 Å². The standard InChI is InChI=1S/C19H20O/c1-2-3-6-14-9-10-19(20)18(11-14)17-12-15-7-4-5-8-16(15)13-17/h4-5,7-12,20H,2-3,6,13H2,1H3. The van der Waals surface area contributed by atoms with Gasteiger partial charge in [0.05, 0.1) is 0 Å². The quantitative estimate of drug-likeness (QED) is 0.838. The molecule has 1 aliphatic rings. The highest BCUT2D eigenvalue weighted by molar-refractivity contribution is 5.90. The minimum Gasteiger partial charge on any atom is -0.507 e. The van der Waals surface area contributed by atoms with E-state index in [4.69, 9.17) is 0 Å². The van der Waals surface area contributed by atoms with Gasteiger partial charge in [-0.05, 0) is 53.7 Å². The zero-order chi connectivity index (χ0) is 13.9. The van der Waals surface area contributed by atoms with E-state index in [9.17, 15) is 5.11 Å². The molecule has 0 radical (unpaired) electrons. The van der Waals surface area contributed by atoms with Gasteiger partial charge in [-0.3, -0.25) is 0 Å². The molecule has 0 spiro atoms. The molecule has 3 rings (SSSR count). The third kappa shape index (κ3) is 2.49. The van der Waals surface area contributed by atoms with E-state index in [1.165, 1.54) is 35.1 Å². The van der Waals surface area contributed by atoms with Gasteiger partial charge in [0.2, 0.25) is 0 Å². The van der Waals surface area contributed by atoms with Crippen LogP contribution in [0.25, 0.3) is 11.6 Å². The normalized spacial score (nSPS) is 13.2. The zero-order valence-electron chi connectivity index (χ0n) is 11.9. The lowest BCUT2D eigenvalue weighted by molar-refractivity contribution is 0.473. The molecular weight excluding hydrogens is 244 g/mol. The number of hydrogen-bond donors (Lipinski definition) is 1. The van der Waals surface area contributed by atoms with Crippen LogP contribution in [0.3, 0.4) is 0 Å². The summed E-state index contributed by atoms with van der Waals surface area (Å²) in [6, 6.07) is 14.5. The molecule has 0 amide bonds. The summed E-state index contributed by atoms with van der Waals surface area (Å²) >= 11 is 0. The number of fused-ring (bicyclic) bond motifs is 1. The second-order valence-corrected chi connectivity index (χ2v) is 5.50. The van der Waals surface area contributed by atoms with Crippen molar-refractivity contribution < 1.29 is 5.11 Å². The van der Waals surface area contributed by atoms with Crippen LogP contribution in [0.5, 0.6) is 5.75 Å². The van der Waals surface area contributed by atoms with Crippen molar-refractivity contribution in [2.45, 2.75) is 32.6 Å². The summed E-state index contributed by atoms with van der Waals surface area (Å²) in [5, 5.41) is 10.2. The van der Waals surface area contributed by atoms with Crippen LogP contribution in [-0.2, 0) is 12.8 Å². The van der Waals surface area contributed by atoms with Crippen LogP contribution in [0.15, 0.2) is 42.5 Å². The Hall–Kier alpha value is -2.02. The largest absolute Gasteiger partial charge is 0.507 e. The van der Waals surface area contributed by atoms with Gasteiger partial charge in [-0.1, -0.05) is 49.8 Å². The Morgan fingerprint density at radius 1 is 1.10 bits per heavy atom. The van der Waals surface area contributed by atoms with Crippen LogP contribution in [0, 0.1) is 0 Å². The van der Waals surface area contributed by atoms with E-state index in [1.807, 2.05) is 12.1 Å². The van der Waals surface area contributed by atoms with Crippen molar-refractivity contribution in [2.75, 3.05) is 0 Å². The molecule has 0 bridgehead atoms. The summed E-state index contributed by atoms with van der Waals surface area (Å²) in [5.41, 5.74) is 6.16. The van der Waals surface area contributed by atoms with Gasteiger partial charge in [-0.15, -0.1) is 0 Å². The van der Waals surface area contributed by atoms with Gasteiger partial charge in [-0.2, -0.15) is 0 Å². The second kappa shape index (κ2) is 5.54. The molecule has 0 saturated heterocycles. The summed E-state index contributed by atoms with van der Waals surface area (Å²) in [5.74, 6) is 0.393. The molecule has 102 valence electrons. The Labute approximate surface area is 120 Å². The van der Waals surface area contributed by atoms with Crippen molar-refractivity contribution in [1.82, 2.24) is 0 Å². The number of unbranched alkanes of at least 4 members (excludes halogenated alkanes) is 1. The third-order valence-electron chi connectivity index (χ3n) is 3.99. The Bertz CT molecular complexity index is 653. The van der Waals surface area contributed by atoms with Gasteiger partial charge in [0.25, 0.3) is 0 Å². The van der Waals surface area contributed by atoms with Crippen LogP contribution in [0.4, 0.5) is 0 Å². The highest BCUT2D eigenvalue weighted by Crippen LogP contribution is 2.36. The highest BCUT2D eigenvalue weighted by atomic mass is 16.3. The molecule has 1 nitrogen and oxygen atoms in total. The predicted octanol–water partition coefficient (Wildman–Crippen LogP) is 4.83. The second-order valence-electron chi connectivity index (χ2n) is 5.50. The van der Waals surface area contributed by atoms with E-state index in [0.717, 1.165) is 18.4 Å². The van der Waals surface area contributed by atoms with Crippen LogP contribution in [0.2, 0.25) is 0 Å². The van der Waals surface area contributed by atoms with Crippen molar-refractivity contribution >= 4 is 11.6 Å². The van der Waals surface area contributed by atoms with Crippen LogP contribution < -0.4 is 0 Å².